The molecule has 4 aromatic heterocycles. The zero-order valence-electron chi connectivity index (χ0n) is 18.6. The summed E-state index contributed by atoms with van der Waals surface area (Å²) in [4.78, 5) is 42.7. The second kappa shape index (κ2) is 8.14. The Labute approximate surface area is 203 Å². The van der Waals surface area contributed by atoms with E-state index in [4.69, 9.17) is 0 Å². The van der Waals surface area contributed by atoms with Crippen molar-refractivity contribution in [1.82, 2.24) is 24.3 Å². The molecule has 1 aromatic carbocycles. The highest BCUT2D eigenvalue weighted by molar-refractivity contribution is 7.19. The van der Waals surface area contributed by atoms with E-state index in [0.717, 1.165) is 16.6 Å². The smallest absolute Gasteiger partial charge is 0.290 e. The van der Waals surface area contributed by atoms with Gasteiger partial charge in [-0.15, -0.1) is 0 Å². The van der Waals surface area contributed by atoms with Crippen molar-refractivity contribution in [3.8, 4) is 0 Å². The highest BCUT2D eigenvalue weighted by atomic mass is 32.1. The van der Waals surface area contributed by atoms with Crippen LogP contribution in [0, 0.1) is 6.92 Å². The van der Waals surface area contributed by atoms with E-state index in [1.165, 1.54) is 16.2 Å². The molecule has 5 aromatic rings. The number of benzene rings is 1. The van der Waals surface area contributed by atoms with Crippen LogP contribution in [0.4, 0.5) is 0 Å². The lowest BCUT2D eigenvalue weighted by Crippen LogP contribution is -2.30. The molecule has 1 aliphatic rings. The van der Waals surface area contributed by atoms with Gasteiger partial charge in [0.15, 0.2) is 10.7 Å². The van der Waals surface area contributed by atoms with Crippen LogP contribution in [-0.2, 0) is 11.3 Å². The summed E-state index contributed by atoms with van der Waals surface area (Å²) in [5.74, 6) is -1.53. The van der Waals surface area contributed by atoms with Crippen molar-refractivity contribution in [1.29, 1.82) is 0 Å². The number of carbonyl (C=O) groups is 2. The lowest BCUT2D eigenvalue weighted by atomic mass is 9.96. The molecule has 1 atom stereocenters. The normalized spacial score (nSPS) is 16.1. The van der Waals surface area contributed by atoms with Crippen LogP contribution >= 0.6 is 11.3 Å². The zero-order valence-corrected chi connectivity index (χ0v) is 19.4. The van der Waals surface area contributed by atoms with Crippen molar-refractivity contribution in [2.75, 3.05) is 0 Å². The molecule has 0 saturated heterocycles. The van der Waals surface area contributed by atoms with Crippen LogP contribution in [0.1, 0.15) is 32.5 Å². The molecule has 0 radical (unpaired) electrons. The SMILES string of the molecule is Cc1c(C(=O)C2=C(O)C(=O)N(Cc3cccnc3)C2c2cccnc2)sc2nc3ccccc3n12. The average molecular weight is 482 g/mol. The van der Waals surface area contributed by atoms with Crippen LogP contribution in [0.25, 0.3) is 16.0 Å². The van der Waals surface area contributed by atoms with E-state index >= 15 is 0 Å². The van der Waals surface area contributed by atoms with Gasteiger partial charge in [-0.2, -0.15) is 0 Å². The number of para-hydroxylation sites is 2. The van der Waals surface area contributed by atoms with Gasteiger partial charge in [0.1, 0.15) is 0 Å². The predicted octanol–water partition coefficient (Wildman–Crippen LogP) is 4.43. The molecule has 1 N–H and O–H groups in total. The maximum atomic E-state index is 13.9. The Balaban J connectivity index is 1.47. The van der Waals surface area contributed by atoms with Crippen molar-refractivity contribution in [2.24, 2.45) is 0 Å². The maximum absolute atomic E-state index is 13.9. The fraction of sp³-hybridized carbons (Fsp3) is 0.115. The van der Waals surface area contributed by atoms with E-state index in [2.05, 4.69) is 15.0 Å². The number of rotatable bonds is 5. The number of carbonyl (C=O) groups excluding carboxylic acids is 2. The van der Waals surface area contributed by atoms with Crippen molar-refractivity contribution < 1.29 is 14.7 Å². The Hall–Kier alpha value is -4.37. The molecule has 35 heavy (non-hydrogen) atoms. The molecule has 0 aliphatic carbocycles. The Morgan fingerprint density at radius 2 is 1.83 bits per heavy atom. The van der Waals surface area contributed by atoms with Crippen LogP contribution in [0.3, 0.4) is 0 Å². The number of hydrogen-bond donors (Lipinski definition) is 1. The summed E-state index contributed by atoms with van der Waals surface area (Å²) < 4.78 is 1.94. The highest BCUT2D eigenvalue weighted by Crippen LogP contribution is 2.41. The molecule has 1 unspecified atom stereocenters. The lowest BCUT2D eigenvalue weighted by molar-refractivity contribution is -0.130. The number of aliphatic hydroxyl groups is 1. The van der Waals surface area contributed by atoms with Crippen LogP contribution in [-0.4, -0.2) is 41.0 Å². The largest absolute Gasteiger partial charge is 0.503 e. The number of Topliss-reactive ketones (excluding diaryl/α,β-unsaturated/α-hetero) is 1. The van der Waals surface area contributed by atoms with Gasteiger partial charge in [0.05, 0.1) is 27.5 Å². The van der Waals surface area contributed by atoms with Crippen LogP contribution < -0.4 is 0 Å². The Kier molecular flexibility index (Phi) is 4.93. The molecule has 9 heteroatoms. The van der Waals surface area contributed by atoms with Crippen LogP contribution in [0.5, 0.6) is 0 Å². The number of aromatic nitrogens is 4. The molecular formula is C26H19N5O3S. The Bertz CT molecular complexity index is 1640. The number of hydrogen-bond acceptors (Lipinski definition) is 7. The minimum Gasteiger partial charge on any atom is -0.503 e. The summed E-state index contributed by atoms with van der Waals surface area (Å²) >= 11 is 1.25. The minimum atomic E-state index is -0.783. The summed E-state index contributed by atoms with van der Waals surface area (Å²) in [6, 6.07) is 14.1. The first kappa shape index (κ1) is 21.2. The zero-order chi connectivity index (χ0) is 24.1. The summed E-state index contributed by atoms with van der Waals surface area (Å²) in [6.45, 7) is 2.04. The first-order chi connectivity index (χ1) is 17.0. The van der Waals surface area contributed by atoms with E-state index in [1.807, 2.05) is 41.7 Å². The van der Waals surface area contributed by atoms with Gasteiger partial charge >= 0.3 is 0 Å². The van der Waals surface area contributed by atoms with Gasteiger partial charge in [0.2, 0.25) is 5.78 Å². The van der Waals surface area contributed by atoms with Crippen molar-refractivity contribution in [3.05, 3.63) is 106 Å². The van der Waals surface area contributed by atoms with Crippen molar-refractivity contribution >= 4 is 39.0 Å². The standard InChI is InChI=1S/C26H19N5O3S/c1-15-24(35-26-29-18-8-2-3-9-19(18)31(15)26)22(32)20-21(17-7-5-11-28-13-17)30(25(34)23(20)33)14-16-6-4-10-27-12-16/h2-13,21,33H,14H2,1H3. The predicted molar refractivity (Wildman–Crippen MR) is 131 cm³/mol. The second-order valence-corrected chi connectivity index (χ2v) is 9.29. The minimum absolute atomic E-state index is 0.0452. The van der Waals surface area contributed by atoms with E-state index in [9.17, 15) is 14.7 Å². The average Bonchev–Trinajstić information content (AvgIpc) is 3.49. The highest BCUT2D eigenvalue weighted by Gasteiger charge is 2.44. The molecule has 0 fully saturated rings. The van der Waals surface area contributed by atoms with E-state index in [-0.39, 0.29) is 12.1 Å². The Morgan fingerprint density at radius 1 is 1.06 bits per heavy atom. The van der Waals surface area contributed by atoms with Gasteiger partial charge in [0, 0.05) is 37.0 Å². The molecule has 1 amide bonds. The number of aryl methyl sites for hydroxylation is 1. The first-order valence-corrected chi connectivity index (χ1v) is 11.8. The number of thiazole rings is 1. The number of pyridine rings is 2. The third-order valence-electron chi connectivity index (χ3n) is 6.22. The number of ketones is 1. The lowest BCUT2D eigenvalue weighted by Gasteiger charge is -2.26. The van der Waals surface area contributed by atoms with Gasteiger partial charge in [-0.05, 0) is 42.3 Å². The summed E-state index contributed by atoms with van der Waals surface area (Å²) in [5.41, 5.74) is 3.93. The maximum Gasteiger partial charge on any atom is 0.290 e. The number of aliphatic hydroxyl groups excluding tert-OH is 1. The molecule has 0 bridgehead atoms. The first-order valence-electron chi connectivity index (χ1n) is 11.0. The molecule has 1 aliphatic heterocycles. The van der Waals surface area contributed by atoms with Gasteiger partial charge in [-0.3, -0.25) is 24.0 Å². The van der Waals surface area contributed by atoms with Gasteiger partial charge in [-0.25, -0.2) is 4.98 Å². The van der Waals surface area contributed by atoms with E-state index in [1.54, 1.807) is 43.0 Å². The number of fused-ring (bicyclic) bond motifs is 3. The summed E-state index contributed by atoms with van der Waals surface area (Å²) in [6.07, 6.45) is 6.55. The van der Waals surface area contributed by atoms with Crippen molar-refractivity contribution in [2.45, 2.75) is 19.5 Å². The quantitative estimate of drug-likeness (QED) is 0.373. The third kappa shape index (κ3) is 3.31. The molecule has 172 valence electrons. The summed E-state index contributed by atoms with van der Waals surface area (Å²) in [5, 5.41) is 11.0. The van der Waals surface area contributed by atoms with Crippen LogP contribution in [0.15, 0.2) is 84.7 Å². The second-order valence-electron chi connectivity index (χ2n) is 8.31. The van der Waals surface area contributed by atoms with Gasteiger partial charge in [-0.1, -0.05) is 35.6 Å². The fourth-order valence-electron chi connectivity index (χ4n) is 4.62. The molecule has 0 saturated carbocycles. The number of amides is 1. The molecule has 6 rings (SSSR count). The number of imidazole rings is 1. The van der Waals surface area contributed by atoms with Gasteiger partial charge < -0.3 is 10.0 Å². The van der Waals surface area contributed by atoms with Crippen LogP contribution in [0.2, 0.25) is 0 Å². The topological polar surface area (TPSA) is 101 Å². The van der Waals surface area contributed by atoms with Gasteiger partial charge in [0.25, 0.3) is 5.91 Å². The Morgan fingerprint density at radius 3 is 2.57 bits per heavy atom. The number of nitrogens with zero attached hydrogens (tertiary/aromatic N) is 5. The third-order valence-corrected chi connectivity index (χ3v) is 7.36. The monoisotopic (exact) mass is 481 g/mol. The van der Waals surface area contributed by atoms with E-state index < -0.39 is 23.5 Å². The van der Waals surface area contributed by atoms with E-state index in [0.29, 0.717) is 21.1 Å². The molecule has 0 spiro atoms. The molecule has 8 nitrogen and oxygen atoms in total. The van der Waals surface area contributed by atoms with Crippen molar-refractivity contribution in [3.63, 3.8) is 0 Å². The molecular weight excluding hydrogens is 462 g/mol. The molecule has 5 heterocycles. The fourth-order valence-corrected chi connectivity index (χ4v) is 5.71. The summed E-state index contributed by atoms with van der Waals surface area (Å²) in [7, 11) is 0.